The average Bonchev–Trinajstić information content (AvgIpc) is 2.52. The Kier molecular flexibility index (Phi) is 5.57. The van der Waals surface area contributed by atoms with Crippen LogP contribution in [-0.2, 0) is 11.2 Å². The van der Waals surface area contributed by atoms with E-state index in [0.717, 1.165) is 4.78 Å². The zero-order valence-electron chi connectivity index (χ0n) is 11.2. The van der Waals surface area contributed by atoms with Crippen molar-refractivity contribution in [1.29, 1.82) is 0 Å². The number of anilines is 1. The Labute approximate surface area is 126 Å². The number of nitrogens with two attached hydrogens (primary N) is 1. The highest BCUT2D eigenvalue weighted by molar-refractivity contribution is 7.25. The monoisotopic (exact) mass is 327 g/mol. The summed E-state index contributed by atoms with van der Waals surface area (Å²) >= 11 is 0. The molecule has 1 heterocycles. The maximum atomic E-state index is 12.1. The van der Waals surface area contributed by atoms with Crippen molar-refractivity contribution < 1.29 is 22.8 Å². The lowest BCUT2D eigenvalue weighted by Crippen LogP contribution is -2.20. The molecule has 6 nitrogen and oxygen atoms in total. The molecule has 1 aromatic carbocycles. The number of hydrogen-bond donors (Lipinski definition) is 1. The molecule has 1 aromatic heterocycles. The first kappa shape index (κ1) is 16.1. The summed E-state index contributed by atoms with van der Waals surface area (Å²) in [5.41, 5.74) is 1.18. The fourth-order valence-electron chi connectivity index (χ4n) is 1.69. The first-order chi connectivity index (χ1) is 10.6. The van der Waals surface area contributed by atoms with Gasteiger partial charge in [0.15, 0.2) is 0 Å². The molecule has 2 aromatic rings. The highest BCUT2D eigenvalue weighted by atomic mass is 31.1. The molecular formula is C13H12F2N3O3P. The molecule has 22 heavy (non-hydrogen) atoms. The minimum Gasteiger partial charge on any atom is -0.473 e. The van der Waals surface area contributed by atoms with E-state index in [1.807, 2.05) is 0 Å². The van der Waals surface area contributed by atoms with Gasteiger partial charge in [-0.15, -0.1) is 0 Å². The van der Waals surface area contributed by atoms with Crippen LogP contribution in [0.3, 0.4) is 0 Å². The lowest BCUT2D eigenvalue weighted by atomic mass is 10.2. The summed E-state index contributed by atoms with van der Waals surface area (Å²) in [4.78, 5) is 3.79. The molecule has 0 aliphatic carbocycles. The number of benzene rings is 1. The van der Waals surface area contributed by atoms with Gasteiger partial charge in [0.1, 0.15) is 6.61 Å². The molecular weight excluding hydrogens is 315 g/mol. The summed E-state index contributed by atoms with van der Waals surface area (Å²) in [5, 5.41) is 0. The van der Waals surface area contributed by atoms with Crippen LogP contribution in [0.25, 0.3) is 0 Å². The summed E-state index contributed by atoms with van der Waals surface area (Å²) in [6, 6.07) is 11.2. The van der Waals surface area contributed by atoms with E-state index in [1.165, 1.54) is 18.2 Å². The summed E-state index contributed by atoms with van der Waals surface area (Å²) < 4.78 is 45.7. The summed E-state index contributed by atoms with van der Waals surface area (Å²) in [5.74, 6) is 5.46. The Balaban J connectivity index is 2.09. The van der Waals surface area contributed by atoms with Crippen molar-refractivity contribution >= 4 is 14.3 Å². The summed E-state index contributed by atoms with van der Waals surface area (Å²) in [6.45, 7) is -2.88. The zero-order chi connectivity index (χ0) is 15.9. The van der Waals surface area contributed by atoms with Crippen molar-refractivity contribution in [3.05, 3.63) is 48.0 Å². The number of hydrazine groups is 1. The predicted octanol–water partition coefficient (Wildman–Crippen LogP) is 3.15. The molecule has 0 saturated heterocycles. The maximum absolute atomic E-state index is 12.1. The van der Waals surface area contributed by atoms with Crippen LogP contribution in [0.5, 0.6) is 11.8 Å². The standard InChI is InChI=1S/C13H12F2N3O3P/c14-13(15)21-12-7-3-6-11(17-12)20-8-9-4-1-2-5-10(9)18(16)22-19/h1-7,13H,8,16H2. The lowest BCUT2D eigenvalue weighted by molar-refractivity contribution is -0.0531. The van der Waals surface area contributed by atoms with Gasteiger partial charge >= 0.3 is 6.61 Å². The molecule has 0 aliphatic rings. The second kappa shape index (κ2) is 7.63. The average molecular weight is 327 g/mol. The van der Waals surface area contributed by atoms with E-state index in [9.17, 15) is 13.3 Å². The van der Waals surface area contributed by atoms with Gasteiger partial charge in [0, 0.05) is 17.7 Å². The van der Waals surface area contributed by atoms with E-state index < -0.39 is 6.61 Å². The Morgan fingerprint density at radius 3 is 2.64 bits per heavy atom. The Morgan fingerprint density at radius 2 is 1.91 bits per heavy atom. The number of pyridine rings is 1. The number of hydrogen-bond acceptors (Lipinski definition) is 5. The van der Waals surface area contributed by atoms with Gasteiger partial charge in [-0.2, -0.15) is 13.8 Å². The smallest absolute Gasteiger partial charge is 0.388 e. The molecule has 0 bridgehead atoms. The van der Waals surface area contributed by atoms with E-state index in [4.69, 9.17) is 10.6 Å². The van der Waals surface area contributed by atoms with Crippen LogP contribution in [-0.4, -0.2) is 11.6 Å². The normalized spacial score (nSPS) is 10.7. The topological polar surface area (TPSA) is 77.7 Å². The van der Waals surface area contributed by atoms with Crippen molar-refractivity contribution in [1.82, 2.24) is 4.98 Å². The predicted molar refractivity (Wildman–Crippen MR) is 75.9 cm³/mol. The SMILES string of the molecule is NN(P=O)c1ccccc1COc1cccc(OC(F)F)n1. The third-order valence-electron chi connectivity index (χ3n) is 2.61. The fraction of sp³-hybridized carbons (Fsp3) is 0.154. The molecule has 0 saturated carbocycles. The first-order valence-electron chi connectivity index (χ1n) is 6.11. The third-order valence-corrected chi connectivity index (χ3v) is 3.00. The quantitative estimate of drug-likeness (QED) is 0.478. The molecule has 0 unspecified atom stereocenters. The van der Waals surface area contributed by atoms with Gasteiger partial charge in [-0.05, 0) is 6.07 Å². The Bertz CT molecular complexity index is 645. The van der Waals surface area contributed by atoms with Gasteiger partial charge in [0.25, 0.3) is 8.61 Å². The van der Waals surface area contributed by atoms with E-state index in [2.05, 4.69) is 9.72 Å². The van der Waals surface area contributed by atoms with E-state index in [1.54, 1.807) is 24.3 Å². The van der Waals surface area contributed by atoms with Crippen molar-refractivity contribution in [2.75, 3.05) is 4.78 Å². The highest BCUT2D eigenvalue weighted by Gasteiger charge is 2.10. The molecule has 0 aliphatic heterocycles. The molecule has 9 heteroatoms. The van der Waals surface area contributed by atoms with Gasteiger partial charge < -0.3 is 9.47 Å². The molecule has 0 amide bonds. The minimum absolute atomic E-state index is 0.0739. The number of nitrogens with zero attached hydrogens (tertiary/aromatic N) is 2. The fourth-order valence-corrected chi connectivity index (χ4v) is 1.97. The van der Waals surface area contributed by atoms with Crippen molar-refractivity contribution in [2.24, 2.45) is 5.84 Å². The number of ether oxygens (including phenoxy) is 2. The van der Waals surface area contributed by atoms with E-state index >= 15 is 0 Å². The third kappa shape index (κ3) is 4.34. The molecule has 0 radical (unpaired) electrons. The van der Waals surface area contributed by atoms with Crippen molar-refractivity contribution in [2.45, 2.75) is 13.2 Å². The van der Waals surface area contributed by atoms with Gasteiger partial charge in [0.2, 0.25) is 11.8 Å². The molecule has 2 N–H and O–H groups in total. The van der Waals surface area contributed by atoms with E-state index in [0.29, 0.717) is 11.3 Å². The lowest BCUT2D eigenvalue weighted by Gasteiger charge is -2.14. The van der Waals surface area contributed by atoms with Crippen LogP contribution in [0.15, 0.2) is 42.5 Å². The van der Waals surface area contributed by atoms with Crippen molar-refractivity contribution in [3.8, 4) is 11.8 Å². The van der Waals surface area contributed by atoms with Gasteiger partial charge in [-0.1, -0.05) is 24.3 Å². The van der Waals surface area contributed by atoms with Crippen LogP contribution in [0.1, 0.15) is 5.56 Å². The Morgan fingerprint density at radius 1 is 1.18 bits per heavy atom. The van der Waals surface area contributed by atoms with Crippen LogP contribution >= 0.6 is 8.61 Å². The number of halogens is 2. The van der Waals surface area contributed by atoms with Crippen LogP contribution < -0.4 is 20.1 Å². The van der Waals surface area contributed by atoms with Gasteiger partial charge in [-0.3, -0.25) is 0 Å². The minimum atomic E-state index is -2.95. The van der Waals surface area contributed by atoms with Crippen LogP contribution in [0.2, 0.25) is 0 Å². The molecule has 116 valence electrons. The Hall–Kier alpha value is -2.31. The van der Waals surface area contributed by atoms with Gasteiger partial charge in [0.05, 0.1) is 5.69 Å². The molecule has 2 rings (SSSR count). The second-order valence-corrected chi connectivity index (χ2v) is 4.63. The number of aromatic nitrogens is 1. The largest absolute Gasteiger partial charge is 0.473 e. The number of para-hydroxylation sites is 1. The van der Waals surface area contributed by atoms with E-state index in [-0.39, 0.29) is 27.0 Å². The zero-order valence-corrected chi connectivity index (χ0v) is 12.1. The molecule has 0 atom stereocenters. The first-order valence-corrected chi connectivity index (χ1v) is 6.87. The molecule has 0 spiro atoms. The van der Waals surface area contributed by atoms with Crippen molar-refractivity contribution in [3.63, 3.8) is 0 Å². The summed E-state index contributed by atoms with van der Waals surface area (Å²) in [7, 11) is -0.366. The highest BCUT2D eigenvalue weighted by Crippen LogP contribution is 2.24. The van der Waals surface area contributed by atoms with Crippen LogP contribution in [0.4, 0.5) is 14.5 Å². The summed E-state index contributed by atoms with van der Waals surface area (Å²) in [6.07, 6.45) is 0. The number of alkyl halides is 2. The number of rotatable bonds is 7. The van der Waals surface area contributed by atoms with Crippen LogP contribution in [0, 0.1) is 0 Å². The maximum Gasteiger partial charge on any atom is 0.388 e. The van der Waals surface area contributed by atoms with Gasteiger partial charge in [-0.25, -0.2) is 15.2 Å². The molecule has 0 fully saturated rings. The second-order valence-electron chi connectivity index (χ2n) is 4.04.